The molecule has 0 spiro atoms. The SMILES string of the molecule is CC(C)[C@H](NC(=O)N[C@H](CS(=O)(=O)C(C)(C)C)C(C)C)C(=O)N1C[C@H]2[C@@H]([C@H]1C(=O)NC(CC1CCC1)C(=O)C(N)=O)C2(C)C. The maximum Gasteiger partial charge on any atom is 0.315 e. The summed E-state index contributed by atoms with van der Waals surface area (Å²) in [5.41, 5.74) is 5.10. The van der Waals surface area contributed by atoms with Crippen LogP contribution in [0.25, 0.3) is 0 Å². The van der Waals surface area contributed by atoms with Crippen LogP contribution >= 0.6 is 0 Å². The number of urea groups is 1. The molecule has 1 aliphatic heterocycles. The molecule has 2 saturated carbocycles. The lowest BCUT2D eigenvalue weighted by Gasteiger charge is -2.35. The molecule has 0 radical (unpaired) electrons. The molecule has 44 heavy (non-hydrogen) atoms. The molecular weight excluding hydrogens is 586 g/mol. The van der Waals surface area contributed by atoms with Gasteiger partial charge in [0.2, 0.25) is 17.6 Å². The number of Topliss-reactive ketones (excluding diaryl/α,β-unsaturated/α-hetero) is 1. The predicted octanol–water partition coefficient (Wildman–Crippen LogP) is 1.76. The molecule has 0 aromatic heterocycles. The van der Waals surface area contributed by atoms with Crippen molar-refractivity contribution in [1.82, 2.24) is 20.9 Å². The lowest BCUT2D eigenvalue weighted by Crippen LogP contribution is -2.60. The number of fused-ring (bicyclic) bond motifs is 1. The first-order chi connectivity index (χ1) is 20.1. The number of hydrogen-bond donors (Lipinski definition) is 4. The highest BCUT2D eigenvalue weighted by Crippen LogP contribution is 2.65. The molecule has 1 unspecified atom stereocenters. The second-order valence-corrected chi connectivity index (χ2v) is 18.1. The third-order valence-corrected chi connectivity index (χ3v) is 12.8. The van der Waals surface area contributed by atoms with E-state index in [9.17, 15) is 32.4 Å². The number of sulfone groups is 1. The van der Waals surface area contributed by atoms with Crippen LogP contribution in [0, 0.1) is 35.0 Å². The highest BCUT2D eigenvalue weighted by Gasteiger charge is 2.69. The minimum Gasteiger partial charge on any atom is -0.363 e. The molecule has 3 rings (SSSR count). The molecule has 5 N–H and O–H groups in total. The van der Waals surface area contributed by atoms with Crippen molar-refractivity contribution in [2.45, 2.75) is 117 Å². The van der Waals surface area contributed by atoms with Crippen LogP contribution in [-0.4, -0.2) is 84.1 Å². The summed E-state index contributed by atoms with van der Waals surface area (Å²) >= 11 is 0. The zero-order chi connectivity index (χ0) is 33.5. The number of carbonyl (C=O) groups is 5. The fourth-order valence-electron chi connectivity index (χ4n) is 6.47. The minimum atomic E-state index is -3.53. The number of carbonyl (C=O) groups excluding carboxylic acids is 5. The monoisotopic (exact) mass is 639 g/mol. The summed E-state index contributed by atoms with van der Waals surface area (Å²) < 4.78 is 24.7. The zero-order valence-corrected chi connectivity index (χ0v) is 28.5. The Labute approximate surface area is 262 Å². The van der Waals surface area contributed by atoms with Crippen molar-refractivity contribution in [3.05, 3.63) is 0 Å². The van der Waals surface area contributed by atoms with E-state index in [0.29, 0.717) is 13.0 Å². The van der Waals surface area contributed by atoms with Crippen LogP contribution in [0.15, 0.2) is 0 Å². The molecule has 5 amide bonds. The summed E-state index contributed by atoms with van der Waals surface area (Å²) in [7, 11) is -3.53. The average Bonchev–Trinajstić information content (AvgIpc) is 3.19. The number of nitrogens with one attached hydrogen (secondary N) is 3. The lowest BCUT2D eigenvalue weighted by molar-refractivity contribution is -0.144. The minimum absolute atomic E-state index is 0.0636. The van der Waals surface area contributed by atoms with Gasteiger partial charge in [-0.15, -0.1) is 0 Å². The van der Waals surface area contributed by atoms with Gasteiger partial charge in [-0.3, -0.25) is 19.2 Å². The van der Waals surface area contributed by atoms with Crippen LogP contribution in [-0.2, 0) is 29.0 Å². The van der Waals surface area contributed by atoms with E-state index in [1.807, 2.05) is 27.7 Å². The summed E-state index contributed by atoms with van der Waals surface area (Å²) in [6.07, 6.45) is 3.17. The Morgan fingerprint density at radius 3 is 2.00 bits per heavy atom. The largest absolute Gasteiger partial charge is 0.363 e. The number of nitrogens with zero attached hydrogens (tertiary/aromatic N) is 1. The van der Waals surface area contributed by atoms with Gasteiger partial charge in [-0.25, -0.2) is 13.2 Å². The second kappa shape index (κ2) is 13.0. The topological polar surface area (TPSA) is 185 Å². The summed E-state index contributed by atoms with van der Waals surface area (Å²) in [5, 5.41) is 8.26. The van der Waals surface area contributed by atoms with Crippen LogP contribution in [0.5, 0.6) is 0 Å². The molecular formula is C31H53N5O7S. The van der Waals surface area contributed by atoms with E-state index in [4.69, 9.17) is 5.73 Å². The Hall–Kier alpha value is -2.70. The Morgan fingerprint density at radius 1 is 0.955 bits per heavy atom. The lowest BCUT2D eigenvalue weighted by atomic mass is 9.80. The molecule has 3 aliphatic rings. The first-order valence-electron chi connectivity index (χ1n) is 15.8. The van der Waals surface area contributed by atoms with Gasteiger partial charge in [-0.2, -0.15) is 0 Å². The van der Waals surface area contributed by atoms with Gasteiger partial charge in [0, 0.05) is 12.6 Å². The highest BCUT2D eigenvalue weighted by molar-refractivity contribution is 7.92. The molecule has 6 atom stereocenters. The first-order valence-corrected chi connectivity index (χ1v) is 17.5. The zero-order valence-electron chi connectivity index (χ0n) is 27.7. The highest BCUT2D eigenvalue weighted by atomic mass is 32.2. The number of ketones is 1. The Morgan fingerprint density at radius 2 is 1.55 bits per heavy atom. The van der Waals surface area contributed by atoms with Crippen LogP contribution < -0.4 is 21.7 Å². The van der Waals surface area contributed by atoms with Gasteiger partial charge in [-0.1, -0.05) is 60.8 Å². The van der Waals surface area contributed by atoms with Crippen molar-refractivity contribution < 1.29 is 32.4 Å². The average molecular weight is 640 g/mol. The Kier molecular flexibility index (Phi) is 10.5. The van der Waals surface area contributed by atoms with Crippen LogP contribution in [0.2, 0.25) is 0 Å². The van der Waals surface area contributed by atoms with Crippen molar-refractivity contribution in [3.63, 3.8) is 0 Å². The molecule has 1 saturated heterocycles. The standard InChI is InChI=1S/C31H53N5O7S/c1-16(2)21(15-44(42,43)30(5,6)7)34-29(41)35-23(17(3)4)28(40)36-14-19-22(31(19,8)9)24(36)27(39)33-20(25(37)26(32)38)13-18-11-10-12-18/h16-24H,10-15H2,1-9H3,(H2,32,38)(H,33,39)(H2,34,35,41)/t19-,20?,21+,22-,23-,24-/m0/s1. The van der Waals surface area contributed by atoms with Gasteiger partial charge in [0.15, 0.2) is 9.84 Å². The number of rotatable bonds is 13. The van der Waals surface area contributed by atoms with Crippen LogP contribution in [0.4, 0.5) is 4.79 Å². The number of primary amides is 1. The van der Waals surface area contributed by atoms with Gasteiger partial charge in [0.05, 0.1) is 16.5 Å². The van der Waals surface area contributed by atoms with Crippen molar-refractivity contribution in [3.8, 4) is 0 Å². The van der Waals surface area contributed by atoms with Gasteiger partial charge in [-0.05, 0) is 62.2 Å². The van der Waals surface area contributed by atoms with E-state index < -0.39 is 68.3 Å². The fraction of sp³-hybridized carbons (Fsp3) is 0.839. The second-order valence-electron chi connectivity index (χ2n) is 15.3. The van der Waals surface area contributed by atoms with E-state index >= 15 is 0 Å². The number of hydrogen-bond acceptors (Lipinski definition) is 7. The van der Waals surface area contributed by atoms with Gasteiger partial charge < -0.3 is 26.6 Å². The smallest absolute Gasteiger partial charge is 0.315 e. The summed E-state index contributed by atoms with van der Waals surface area (Å²) in [5.74, 6) is -3.54. The maximum atomic E-state index is 14.0. The van der Waals surface area contributed by atoms with E-state index in [1.165, 1.54) is 4.90 Å². The van der Waals surface area contributed by atoms with E-state index in [0.717, 1.165) is 19.3 Å². The molecule has 0 bridgehead atoms. The number of piperidine rings is 1. The van der Waals surface area contributed by atoms with E-state index in [-0.39, 0.29) is 40.8 Å². The molecule has 1 heterocycles. The number of amides is 5. The third kappa shape index (κ3) is 7.56. The first kappa shape index (κ1) is 35.8. The third-order valence-electron chi connectivity index (χ3n) is 10.1. The quantitative estimate of drug-likeness (QED) is 0.221. The van der Waals surface area contributed by atoms with Crippen molar-refractivity contribution >= 4 is 39.4 Å². The van der Waals surface area contributed by atoms with E-state index in [1.54, 1.807) is 34.6 Å². The molecule has 0 aromatic rings. The molecule has 13 heteroatoms. The normalized spacial score (nSPS) is 25.0. The summed E-state index contributed by atoms with van der Waals surface area (Å²) in [4.78, 5) is 66.9. The molecule has 0 aromatic carbocycles. The van der Waals surface area contributed by atoms with Crippen molar-refractivity contribution in [2.75, 3.05) is 12.3 Å². The van der Waals surface area contributed by atoms with Crippen molar-refractivity contribution in [1.29, 1.82) is 0 Å². The Bertz CT molecular complexity index is 1250. The number of nitrogens with two attached hydrogens (primary N) is 1. The van der Waals surface area contributed by atoms with Gasteiger partial charge in [0.1, 0.15) is 12.1 Å². The summed E-state index contributed by atoms with van der Waals surface area (Å²) in [6.45, 7) is 16.4. The van der Waals surface area contributed by atoms with Crippen molar-refractivity contribution in [2.24, 2.45) is 40.7 Å². The van der Waals surface area contributed by atoms with Crippen LogP contribution in [0.3, 0.4) is 0 Å². The fourth-order valence-corrected chi connectivity index (χ4v) is 7.91. The van der Waals surface area contributed by atoms with Crippen LogP contribution in [0.1, 0.15) is 88.0 Å². The predicted molar refractivity (Wildman–Crippen MR) is 167 cm³/mol. The van der Waals surface area contributed by atoms with E-state index in [2.05, 4.69) is 16.0 Å². The van der Waals surface area contributed by atoms with Gasteiger partial charge in [0.25, 0.3) is 5.91 Å². The molecule has 250 valence electrons. The molecule has 3 fully saturated rings. The molecule has 12 nitrogen and oxygen atoms in total. The number of likely N-dealkylation sites (tertiary alicyclic amines) is 1. The molecule has 2 aliphatic carbocycles. The maximum absolute atomic E-state index is 14.0. The Balaban J connectivity index is 1.78. The summed E-state index contributed by atoms with van der Waals surface area (Å²) in [6, 6.07) is -4.27. The van der Waals surface area contributed by atoms with Gasteiger partial charge >= 0.3 is 6.03 Å².